The first-order valence-electron chi connectivity index (χ1n) is 8.68. The third kappa shape index (κ3) is 4.71. The number of piperazine rings is 1. The van der Waals surface area contributed by atoms with Gasteiger partial charge in [-0.05, 0) is 32.1 Å². The van der Waals surface area contributed by atoms with Gasteiger partial charge in [-0.25, -0.2) is 0 Å². The van der Waals surface area contributed by atoms with Gasteiger partial charge in [-0.2, -0.15) is 0 Å². The largest absolute Gasteiger partial charge is 0.381 e. The molecule has 1 unspecified atom stereocenters. The average molecular weight is 282 g/mol. The van der Waals surface area contributed by atoms with Gasteiger partial charge in [0.25, 0.3) is 0 Å². The Bertz CT molecular complexity index is 274. The van der Waals surface area contributed by atoms with E-state index in [1.165, 1.54) is 51.6 Å². The van der Waals surface area contributed by atoms with Gasteiger partial charge in [0, 0.05) is 44.4 Å². The molecule has 20 heavy (non-hydrogen) atoms. The molecule has 1 spiro atoms. The standard InChI is InChI=1S/C17H34N2O/c1-15(2)13-20-11-7-10-19-14-17(18-12-16(19)3)8-5-4-6-9-17/h15-16,18H,4-14H2,1-3H3. The highest BCUT2D eigenvalue weighted by atomic mass is 16.5. The number of ether oxygens (including phenoxy) is 1. The molecule has 2 rings (SSSR count). The maximum absolute atomic E-state index is 5.72. The molecule has 0 radical (unpaired) electrons. The summed E-state index contributed by atoms with van der Waals surface area (Å²) in [5, 5.41) is 3.86. The van der Waals surface area contributed by atoms with Crippen LogP contribution in [-0.4, -0.2) is 49.3 Å². The van der Waals surface area contributed by atoms with Crippen LogP contribution in [0.2, 0.25) is 0 Å². The van der Waals surface area contributed by atoms with Gasteiger partial charge in [0.15, 0.2) is 0 Å². The van der Waals surface area contributed by atoms with E-state index in [-0.39, 0.29) is 0 Å². The molecule has 0 amide bonds. The Hall–Kier alpha value is -0.120. The van der Waals surface area contributed by atoms with Crippen LogP contribution in [0.4, 0.5) is 0 Å². The second-order valence-corrected chi connectivity index (χ2v) is 7.36. The van der Waals surface area contributed by atoms with E-state index >= 15 is 0 Å². The smallest absolute Gasteiger partial charge is 0.0489 e. The molecule has 0 aromatic rings. The molecule has 1 aliphatic heterocycles. The van der Waals surface area contributed by atoms with Crippen LogP contribution >= 0.6 is 0 Å². The lowest BCUT2D eigenvalue weighted by atomic mass is 9.79. The second kappa shape index (κ2) is 7.77. The van der Waals surface area contributed by atoms with Crippen molar-refractivity contribution < 1.29 is 4.74 Å². The van der Waals surface area contributed by atoms with Crippen LogP contribution in [0.15, 0.2) is 0 Å². The fourth-order valence-electron chi connectivity index (χ4n) is 3.65. The average Bonchev–Trinajstić information content (AvgIpc) is 2.43. The maximum atomic E-state index is 5.72. The van der Waals surface area contributed by atoms with Gasteiger partial charge >= 0.3 is 0 Å². The van der Waals surface area contributed by atoms with E-state index < -0.39 is 0 Å². The summed E-state index contributed by atoms with van der Waals surface area (Å²) in [5.74, 6) is 0.651. The van der Waals surface area contributed by atoms with Gasteiger partial charge in [-0.15, -0.1) is 0 Å². The van der Waals surface area contributed by atoms with Crippen LogP contribution in [0.1, 0.15) is 59.3 Å². The molecular formula is C17H34N2O. The monoisotopic (exact) mass is 282 g/mol. The predicted octanol–water partition coefficient (Wildman–Crippen LogP) is 3.05. The zero-order valence-corrected chi connectivity index (χ0v) is 13.8. The van der Waals surface area contributed by atoms with Crippen LogP contribution in [-0.2, 0) is 4.74 Å². The predicted molar refractivity (Wildman–Crippen MR) is 85.1 cm³/mol. The summed E-state index contributed by atoms with van der Waals surface area (Å²) in [4.78, 5) is 2.69. The van der Waals surface area contributed by atoms with E-state index in [1.807, 2.05) is 0 Å². The Kier molecular flexibility index (Phi) is 6.31. The number of nitrogens with zero attached hydrogens (tertiary/aromatic N) is 1. The third-order valence-electron chi connectivity index (χ3n) is 4.90. The quantitative estimate of drug-likeness (QED) is 0.758. The van der Waals surface area contributed by atoms with Crippen molar-refractivity contribution in [3.8, 4) is 0 Å². The molecule has 1 heterocycles. The summed E-state index contributed by atoms with van der Waals surface area (Å²) in [5.41, 5.74) is 0.434. The highest BCUT2D eigenvalue weighted by molar-refractivity contribution is 4.98. The van der Waals surface area contributed by atoms with Crippen molar-refractivity contribution in [2.75, 3.05) is 32.8 Å². The minimum Gasteiger partial charge on any atom is -0.381 e. The minimum atomic E-state index is 0.434. The van der Waals surface area contributed by atoms with E-state index in [0.717, 1.165) is 19.8 Å². The molecule has 2 aliphatic rings. The summed E-state index contributed by atoms with van der Waals surface area (Å²) in [6.45, 7) is 12.2. The number of hydrogen-bond donors (Lipinski definition) is 1. The van der Waals surface area contributed by atoms with Crippen molar-refractivity contribution in [3.63, 3.8) is 0 Å². The van der Waals surface area contributed by atoms with Gasteiger partial charge in [0.2, 0.25) is 0 Å². The molecule has 3 nitrogen and oxygen atoms in total. The Balaban J connectivity index is 1.71. The minimum absolute atomic E-state index is 0.434. The summed E-state index contributed by atoms with van der Waals surface area (Å²) in [6.07, 6.45) is 8.18. The van der Waals surface area contributed by atoms with Gasteiger partial charge in [0.05, 0.1) is 0 Å². The Labute approximate surface area is 125 Å². The molecule has 0 aromatic carbocycles. The molecule has 0 bridgehead atoms. The SMILES string of the molecule is CC(C)COCCCN1CC2(CCCCC2)NCC1C. The summed E-state index contributed by atoms with van der Waals surface area (Å²) < 4.78 is 5.72. The number of nitrogens with one attached hydrogen (secondary N) is 1. The highest BCUT2D eigenvalue weighted by Gasteiger charge is 2.38. The van der Waals surface area contributed by atoms with E-state index in [9.17, 15) is 0 Å². The van der Waals surface area contributed by atoms with Gasteiger partial charge < -0.3 is 10.1 Å². The lowest BCUT2D eigenvalue weighted by Crippen LogP contribution is -2.64. The van der Waals surface area contributed by atoms with Crippen molar-refractivity contribution in [2.45, 2.75) is 70.9 Å². The summed E-state index contributed by atoms with van der Waals surface area (Å²) in [6, 6.07) is 0.674. The summed E-state index contributed by atoms with van der Waals surface area (Å²) >= 11 is 0. The lowest BCUT2D eigenvalue weighted by molar-refractivity contribution is 0.0480. The zero-order valence-electron chi connectivity index (χ0n) is 13.8. The van der Waals surface area contributed by atoms with Crippen LogP contribution in [0.5, 0.6) is 0 Å². The van der Waals surface area contributed by atoms with E-state index in [2.05, 4.69) is 31.0 Å². The molecule has 1 saturated carbocycles. The number of rotatable bonds is 6. The summed E-state index contributed by atoms with van der Waals surface area (Å²) in [7, 11) is 0. The molecule has 1 saturated heterocycles. The Morgan fingerprint density at radius 2 is 2.00 bits per heavy atom. The van der Waals surface area contributed by atoms with Crippen molar-refractivity contribution in [3.05, 3.63) is 0 Å². The van der Waals surface area contributed by atoms with Gasteiger partial charge in [-0.3, -0.25) is 4.90 Å². The maximum Gasteiger partial charge on any atom is 0.0489 e. The van der Waals surface area contributed by atoms with Crippen LogP contribution in [0.25, 0.3) is 0 Å². The fourth-order valence-corrected chi connectivity index (χ4v) is 3.65. The molecule has 1 aliphatic carbocycles. The fraction of sp³-hybridized carbons (Fsp3) is 1.00. The van der Waals surface area contributed by atoms with Crippen molar-refractivity contribution in [1.29, 1.82) is 0 Å². The van der Waals surface area contributed by atoms with Crippen LogP contribution < -0.4 is 5.32 Å². The Morgan fingerprint density at radius 3 is 2.70 bits per heavy atom. The van der Waals surface area contributed by atoms with Crippen molar-refractivity contribution in [1.82, 2.24) is 10.2 Å². The first kappa shape index (κ1) is 16.3. The molecule has 1 atom stereocenters. The van der Waals surface area contributed by atoms with E-state index in [0.29, 0.717) is 17.5 Å². The van der Waals surface area contributed by atoms with E-state index in [4.69, 9.17) is 4.74 Å². The first-order chi connectivity index (χ1) is 9.61. The van der Waals surface area contributed by atoms with Crippen LogP contribution in [0, 0.1) is 5.92 Å². The topological polar surface area (TPSA) is 24.5 Å². The number of hydrogen-bond acceptors (Lipinski definition) is 3. The highest BCUT2D eigenvalue weighted by Crippen LogP contribution is 2.31. The molecule has 2 fully saturated rings. The normalized spacial score (nSPS) is 27.3. The lowest BCUT2D eigenvalue weighted by Gasteiger charge is -2.49. The van der Waals surface area contributed by atoms with Gasteiger partial charge in [0.1, 0.15) is 0 Å². The zero-order chi connectivity index (χ0) is 14.4. The molecule has 118 valence electrons. The van der Waals surface area contributed by atoms with Crippen molar-refractivity contribution in [2.24, 2.45) is 5.92 Å². The molecular weight excluding hydrogens is 248 g/mol. The first-order valence-corrected chi connectivity index (χ1v) is 8.68. The molecule has 0 aromatic heterocycles. The Morgan fingerprint density at radius 1 is 1.25 bits per heavy atom. The van der Waals surface area contributed by atoms with Crippen molar-refractivity contribution >= 4 is 0 Å². The van der Waals surface area contributed by atoms with Gasteiger partial charge in [-0.1, -0.05) is 33.1 Å². The second-order valence-electron chi connectivity index (χ2n) is 7.36. The van der Waals surface area contributed by atoms with Crippen LogP contribution in [0.3, 0.4) is 0 Å². The third-order valence-corrected chi connectivity index (χ3v) is 4.90. The molecule has 3 heteroatoms. The molecule has 1 N–H and O–H groups in total. The van der Waals surface area contributed by atoms with E-state index in [1.54, 1.807) is 0 Å².